The Labute approximate surface area is 376 Å². The Bertz CT molecular complexity index is 3010. The number of carbonyl (C=O) groups excluding carboxylic acids is 1. The minimum atomic E-state index is -0.650. The van der Waals surface area contributed by atoms with Crippen LogP contribution in [0, 0.1) is 5.41 Å². The Kier molecular flexibility index (Phi) is 10.9. The standard InChI is InChI=1S/C59H50N4O/c1-4-40(46-34-37-54-52(38-46)50-25-15-14-24-49(50)51-26-16-17-27-53(51)63(54)48-22-12-7-13-23-48)39-59(2,3)58(64)60-47-35-32-45(33-36-47)57-55(43-20-10-6-11-21-43)56(61-62-57)44-30-28-42(29-31-44)41-18-8-5-9-19-41/h5-38,40,55H,4,39H2,1-3H3,(H,60,64). The van der Waals surface area contributed by atoms with E-state index in [1.165, 1.54) is 33.4 Å². The van der Waals surface area contributed by atoms with Gasteiger partial charge in [0.2, 0.25) is 5.91 Å². The lowest BCUT2D eigenvalue weighted by molar-refractivity contribution is -0.124. The maximum absolute atomic E-state index is 14.2. The van der Waals surface area contributed by atoms with Crippen LogP contribution in [0.15, 0.2) is 216 Å². The molecule has 312 valence electrons. The van der Waals surface area contributed by atoms with Gasteiger partial charge in [0.1, 0.15) is 0 Å². The van der Waals surface area contributed by atoms with E-state index in [0.29, 0.717) is 6.42 Å². The third kappa shape index (κ3) is 7.75. The summed E-state index contributed by atoms with van der Waals surface area (Å²) in [4.78, 5) is 16.6. The number of nitrogens with zero attached hydrogens (tertiary/aromatic N) is 3. The third-order valence-electron chi connectivity index (χ3n) is 12.9. The normalized spacial score (nSPS) is 14.6. The number of carbonyl (C=O) groups is 1. The van der Waals surface area contributed by atoms with E-state index in [1.54, 1.807) is 0 Å². The van der Waals surface area contributed by atoms with E-state index in [0.717, 1.165) is 62.8 Å². The van der Waals surface area contributed by atoms with Gasteiger partial charge in [0, 0.05) is 27.9 Å². The van der Waals surface area contributed by atoms with Crippen LogP contribution in [0.5, 0.6) is 0 Å². The second-order valence-corrected chi connectivity index (χ2v) is 17.5. The van der Waals surface area contributed by atoms with E-state index < -0.39 is 5.41 Å². The lowest BCUT2D eigenvalue weighted by atomic mass is 9.77. The van der Waals surface area contributed by atoms with Gasteiger partial charge in [-0.1, -0.05) is 185 Å². The number of fused-ring (bicyclic) bond motifs is 5. The van der Waals surface area contributed by atoms with Crippen LogP contribution in [-0.4, -0.2) is 17.3 Å². The number of anilines is 4. The largest absolute Gasteiger partial charge is 0.326 e. The fraction of sp³-hybridized carbons (Fsp3) is 0.136. The molecule has 2 aliphatic rings. The van der Waals surface area contributed by atoms with Gasteiger partial charge in [-0.15, -0.1) is 0 Å². The minimum Gasteiger partial charge on any atom is -0.326 e. The molecule has 64 heavy (non-hydrogen) atoms. The topological polar surface area (TPSA) is 57.1 Å². The Balaban J connectivity index is 0.880. The van der Waals surface area contributed by atoms with Gasteiger partial charge in [0.15, 0.2) is 0 Å². The van der Waals surface area contributed by atoms with Crippen molar-refractivity contribution in [1.29, 1.82) is 0 Å². The van der Waals surface area contributed by atoms with Crippen molar-refractivity contribution in [1.82, 2.24) is 0 Å². The summed E-state index contributed by atoms with van der Waals surface area (Å²) in [5, 5.41) is 12.8. The molecule has 0 spiro atoms. The maximum Gasteiger partial charge on any atom is 0.230 e. The molecule has 0 bridgehead atoms. The fourth-order valence-electron chi connectivity index (χ4n) is 9.51. The van der Waals surface area contributed by atoms with E-state index in [1.807, 2.05) is 36.4 Å². The lowest BCUT2D eigenvalue weighted by Gasteiger charge is -2.30. The molecular formula is C59H50N4O. The molecule has 5 nitrogen and oxygen atoms in total. The first-order valence-corrected chi connectivity index (χ1v) is 22.3. The van der Waals surface area contributed by atoms with Crippen LogP contribution in [0.3, 0.4) is 0 Å². The van der Waals surface area contributed by atoms with Crippen LogP contribution < -0.4 is 10.2 Å². The van der Waals surface area contributed by atoms with Crippen LogP contribution in [0.25, 0.3) is 33.4 Å². The van der Waals surface area contributed by atoms with E-state index in [9.17, 15) is 4.79 Å². The van der Waals surface area contributed by atoms with E-state index in [-0.39, 0.29) is 17.7 Å². The Morgan fingerprint density at radius 1 is 0.547 bits per heavy atom. The van der Waals surface area contributed by atoms with Crippen LogP contribution in [0.1, 0.15) is 67.7 Å². The van der Waals surface area contributed by atoms with Crippen molar-refractivity contribution in [3.05, 3.63) is 229 Å². The maximum atomic E-state index is 14.2. The van der Waals surface area contributed by atoms with Crippen LogP contribution in [0.2, 0.25) is 0 Å². The summed E-state index contributed by atoms with van der Waals surface area (Å²) in [6.07, 6.45) is 1.60. The Hall–Kier alpha value is -7.63. The van der Waals surface area contributed by atoms with Gasteiger partial charge in [0.05, 0.1) is 28.7 Å². The molecule has 1 amide bonds. The molecule has 0 fully saturated rings. The number of rotatable bonds is 11. The number of para-hydroxylation sites is 2. The number of nitrogens with one attached hydrogen (secondary N) is 1. The first-order valence-electron chi connectivity index (χ1n) is 22.3. The summed E-state index contributed by atoms with van der Waals surface area (Å²) in [6.45, 7) is 6.36. The van der Waals surface area contributed by atoms with Gasteiger partial charge in [-0.3, -0.25) is 4.79 Å². The number of amides is 1. The molecule has 2 unspecified atom stereocenters. The van der Waals surface area contributed by atoms with E-state index in [4.69, 9.17) is 10.2 Å². The van der Waals surface area contributed by atoms with Crippen molar-refractivity contribution in [3.8, 4) is 33.4 Å². The zero-order chi connectivity index (χ0) is 43.6. The third-order valence-corrected chi connectivity index (χ3v) is 12.9. The smallest absolute Gasteiger partial charge is 0.230 e. The highest BCUT2D eigenvalue weighted by Crippen LogP contribution is 2.51. The van der Waals surface area contributed by atoms with Gasteiger partial charge in [-0.05, 0) is 106 Å². The quantitative estimate of drug-likeness (QED) is 0.141. The molecule has 8 aromatic carbocycles. The zero-order valence-corrected chi connectivity index (χ0v) is 36.4. The molecule has 8 aromatic rings. The van der Waals surface area contributed by atoms with Gasteiger partial charge >= 0.3 is 0 Å². The van der Waals surface area contributed by atoms with Gasteiger partial charge in [0.25, 0.3) is 0 Å². The second kappa shape index (κ2) is 17.3. The molecule has 0 radical (unpaired) electrons. The first kappa shape index (κ1) is 40.4. The van der Waals surface area contributed by atoms with Gasteiger partial charge < -0.3 is 10.2 Å². The second-order valence-electron chi connectivity index (χ2n) is 17.5. The lowest BCUT2D eigenvalue weighted by Crippen LogP contribution is -2.32. The summed E-state index contributed by atoms with van der Waals surface area (Å²) < 4.78 is 0. The van der Waals surface area contributed by atoms with Crippen molar-refractivity contribution in [3.63, 3.8) is 0 Å². The SMILES string of the molecule is CCC(CC(C)(C)C(=O)Nc1ccc(C2=NN=C(c3ccc(-c4ccccc4)cc3)C2c2ccccc2)cc1)c1ccc2c(c1)-c1ccccc1-c1ccccc1N2c1ccccc1. The molecule has 1 N–H and O–H groups in total. The molecule has 5 heteroatoms. The van der Waals surface area contributed by atoms with Crippen molar-refractivity contribution in [2.45, 2.75) is 45.4 Å². The van der Waals surface area contributed by atoms with Crippen molar-refractivity contribution in [2.75, 3.05) is 10.2 Å². The average molecular weight is 831 g/mol. The predicted molar refractivity (Wildman–Crippen MR) is 266 cm³/mol. The molecule has 0 saturated heterocycles. The predicted octanol–water partition coefficient (Wildman–Crippen LogP) is 15.0. The van der Waals surface area contributed by atoms with Gasteiger partial charge in [-0.2, -0.15) is 10.2 Å². The summed E-state index contributed by atoms with van der Waals surface area (Å²) in [5.74, 6) is 0.0252. The van der Waals surface area contributed by atoms with Crippen LogP contribution >= 0.6 is 0 Å². The molecule has 10 rings (SSSR count). The van der Waals surface area contributed by atoms with E-state index >= 15 is 0 Å². The zero-order valence-electron chi connectivity index (χ0n) is 36.4. The molecule has 2 aliphatic heterocycles. The molecule has 0 aliphatic carbocycles. The highest BCUT2D eigenvalue weighted by molar-refractivity contribution is 6.26. The molecule has 0 saturated carbocycles. The van der Waals surface area contributed by atoms with Crippen molar-refractivity contribution >= 4 is 40.1 Å². The summed E-state index contributed by atoms with van der Waals surface area (Å²) in [5.41, 5.74) is 16.8. The molecule has 2 atom stereocenters. The highest BCUT2D eigenvalue weighted by atomic mass is 16.2. The fourth-order valence-corrected chi connectivity index (χ4v) is 9.51. The number of benzene rings is 8. The Morgan fingerprint density at radius 2 is 1.05 bits per heavy atom. The Morgan fingerprint density at radius 3 is 1.69 bits per heavy atom. The number of hydrogen-bond acceptors (Lipinski definition) is 4. The average Bonchev–Trinajstić information content (AvgIpc) is 3.75. The molecular weight excluding hydrogens is 781 g/mol. The summed E-state index contributed by atoms with van der Waals surface area (Å²) >= 11 is 0. The number of hydrogen-bond donors (Lipinski definition) is 1. The van der Waals surface area contributed by atoms with Crippen molar-refractivity contribution in [2.24, 2.45) is 15.6 Å². The highest BCUT2D eigenvalue weighted by Gasteiger charge is 2.34. The molecule has 0 aromatic heterocycles. The van der Waals surface area contributed by atoms with Crippen molar-refractivity contribution < 1.29 is 4.79 Å². The van der Waals surface area contributed by atoms with Crippen LogP contribution in [-0.2, 0) is 4.79 Å². The summed E-state index contributed by atoms with van der Waals surface area (Å²) in [6, 6.07) is 72.5. The molecule has 2 heterocycles. The van der Waals surface area contributed by atoms with E-state index in [2.05, 4.69) is 201 Å². The minimum absolute atomic E-state index is 0.00514. The van der Waals surface area contributed by atoms with Crippen LogP contribution in [0.4, 0.5) is 22.7 Å². The summed E-state index contributed by atoms with van der Waals surface area (Å²) in [7, 11) is 0. The first-order chi connectivity index (χ1) is 31.4. The monoisotopic (exact) mass is 830 g/mol. The van der Waals surface area contributed by atoms with Gasteiger partial charge in [-0.25, -0.2) is 0 Å².